The lowest BCUT2D eigenvalue weighted by molar-refractivity contribution is 0.219. The zero-order valence-corrected chi connectivity index (χ0v) is 16.1. The molecule has 1 unspecified atom stereocenters. The molecule has 0 bridgehead atoms. The van der Waals surface area contributed by atoms with Crippen molar-refractivity contribution in [2.45, 2.75) is 13.0 Å². The standard InChI is InChI=1S/C22H19N3O2S/c1-15-10-12-16(13-11-15)20(26)21-24-25-22(28-21)23-17-6-5-9-19(14-17)27-18-7-3-2-4-8-18/h2-14,20,26H,1H3,(H,23,25). The first-order valence-corrected chi connectivity index (χ1v) is 9.67. The van der Waals surface area contributed by atoms with Crippen molar-refractivity contribution < 1.29 is 9.84 Å². The number of aryl methyl sites for hydroxylation is 1. The number of nitrogens with zero attached hydrogens (tertiary/aromatic N) is 2. The third-order valence-corrected chi connectivity index (χ3v) is 5.02. The minimum absolute atomic E-state index is 0.544. The zero-order valence-electron chi connectivity index (χ0n) is 15.2. The third-order valence-electron chi connectivity index (χ3n) is 4.13. The molecule has 3 aromatic carbocycles. The number of nitrogens with one attached hydrogen (secondary N) is 1. The Morgan fingerprint density at radius 3 is 2.43 bits per heavy atom. The molecule has 0 saturated heterocycles. The van der Waals surface area contributed by atoms with Crippen LogP contribution in [0, 0.1) is 6.92 Å². The van der Waals surface area contributed by atoms with Crippen LogP contribution in [0.4, 0.5) is 10.8 Å². The monoisotopic (exact) mass is 389 g/mol. The van der Waals surface area contributed by atoms with Crippen molar-refractivity contribution in [2.75, 3.05) is 5.32 Å². The van der Waals surface area contributed by atoms with Crippen LogP contribution in [0.15, 0.2) is 78.9 Å². The van der Waals surface area contributed by atoms with Gasteiger partial charge in [0.05, 0.1) is 0 Å². The van der Waals surface area contributed by atoms with Crippen molar-refractivity contribution >= 4 is 22.2 Å². The molecule has 0 radical (unpaired) electrons. The molecule has 6 heteroatoms. The fourth-order valence-electron chi connectivity index (χ4n) is 2.67. The predicted octanol–water partition coefficient (Wildman–Crippen LogP) is 5.46. The summed E-state index contributed by atoms with van der Waals surface area (Å²) < 4.78 is 5.85. The summed E-state index contributed by atoms with van der Waals surface area (Å²) in [5.74, 6) is 1.50. The van der Waals surface area contributed by atoms with Crippen LogP contribution < -0.4 is 10.1 Å². The number of hydrogen-bond acceptors (Lipinski definition) is 6. The fraction of sp³-hybridized carbons (Fsp3) is 0.0909. The molecule has 1 aromatic heterocycles. The molecule has 0 saturated carbocycles. The largest absolute Gasteiger partial charge is 0.457 e. The molecule has 4 rings (SSSR count). The Bertz CT molecular complexity index is 1050. The number of rotatable bonds is 6. The number of aliphatic hydroxyl groups is 1. The van der Waals surface area contributed by atoms with Crippen molar-refractivity contribution in [3.8, 4) is 11.5 Å². The van der Waals surface area contributed by atoms with Crippen molar-refractivity contribution in [2.24, 2.45) is 0 Å². The summed E-state index contributed by atoms with van der Waals surface area (Å²) >= 11 is 1.32. The second kappa shape index (κ2) is 8.21. The Balaban J connectivity index is 1.46. The maximum Gasteiger partial charge on any atom is 0.210 e. The van der Waals surface area contributed by atoms with E-state index < -0.39 is 6.10 Å². The number of benzene rings is 3. The summed E-state index contributed by atoms with van der Waals surface area (Å²) in [4.78, 5) is 0. The number of aromatic nitrogens is 2. The highest BCUT2D eigenvalue weighted by Gasteiger charge is 2.16. The van der Waals surface area contributed by atoms with Gasteiger partial charge in [-0.3, -0.25) is 0 Å². The van der Waals surface area contributed by atoms with Gasteiger partial charge in [0.25, 0.3) is 0 Å². The number of aliphatic hydroxyl groups excluding tert-OH is 1. The van der Waals surface area contributed by atoms with Crippen LogP contribution in [-0.2, 0) is 0 Å². The summed E-state index contributed by atoms with van der Waals surface area (Å²) in [7, 11) is 0. The van der Waals surface area contributed by atoms with E-state index in [0.29, 0.717) is 10.1 Å². The molecule has 0 aliphatic rings. The lowest BCUT2D eigenvalue weighted by atomic mass is 10.1. The van der Waals surface area contributed by atoms with E-state index in [1.165, 1.54) is 11.3 Å². The molecule has 1 heterocycles. The van der Waals surface area contributed by atoms with Crippen molar-refractivity contribution in [3.05, 3.63) is 95.0 Å². The average molecular weight is 389 g/mol. The summed E-state index contributed by atoms with van der Waals surface area (Å²) in [6, 6.07) is 25.0. The van der Waals surface area contributed by atoms with Crippen molar-refractivity contribution in [3.63, 3.8) is 0 Å². The number of ether oxygens (including phenoxy) is 1. The smallest absolute Gasteiger partial charge is 0.210 e. The van der Waals surface area contributed by atoms with Gasteiger partial charge in [-0.05, 0) is 36.8 Å². The second-order valence-corrected chi connectivity index (χ2v) is 7.34. The molecule has 0 aliphatic heterocycles. The van der Waals surface area contributed by atoms with E-state index >= 15 is 0 Å². The van der Waals surface area contributed by atoms with Gasteiger partial charge in [0.15, 0.2) is 5.01 Å². The van der Waals surface area contributed by atoms with Crippen LogP contribution >= 0.6 is 11.3 Å². The first kappa shape index (κ1) is 18.2. The fourth-order valence-corrected chi connectivity index (χ4v) is 3.45. The van der Waals surface area contributed by atoms with E-state index in [4.69, 9.17) is 4.74 Å². The first-order valence-electron chi connectivity index (χ1n) is 8.85. The van der Waals surface area contributed by atoms with E-state index in [2.05, 4.69) is 15.5 Å². The minimum Gasteiger partial charge on any atom is -0.457 e. The minimum atomic E-state index is -0.790. The molecule has 0 spiro atoms. The Morgan fingerprint density at radius 1 is 0.893 bits per heavy atom. The van der Waals surface area contributed by atoms with Crippen LogP contribution in [0.5, 0.6) is 11.5 Å². The highest BCUT2D eigenvalue weighted by atomic mass is 32.1. The average Bonchev–Trinajstić information content (AvgIpc) is 3.17. The van der Waals surface area contributed by atoms with Gasteiger partial charge in [-0.25, -0.2) is 0 Å². The summed E-state index contributed by atoms with van der Waals surface area (Å²) in [6.07, 6.45) is -0.790. The maximum atomic E-state index is 10.5. The van der Waals surface area contributed by atoms with Crippen molar-refractivity contribution in [1.29, 1.82) is 0 Å². The topological polar surface area (TPSA) is 67.3 Å². The lowest BCUT2D eigenvalue weighted by Gasteiger charge is -2.08. The van der Waals surface area contributed by atoms with Gasteiger partial charge < -0.3 is 15.2 Å². The molecule has 140 valence electrons. The Morgan fingerprint density at radius 2 is 1.64 bits per heavy atom. The Labute approximate surface area is 167 Å². The molecule has 1 atom stereocenters. The molecule has 0 amide bonds. The third kappa shape index (κ3) is 4.36. The SMILES string of the molecule is Cc1ccc(C(O)c2nnc(Nc3cccc(Oc4ccccc4)c3)s2)cc1. The van der Waals surface area contributed by atoms with Gasteiger partial charge in [0.2, 0.25) is 5.13 Å². The van der Waals surface area contributed by atoms with Gasteiger partial charge in [0.1, 0.15) is 17.6 Å². The molecule has 0 aliphatic carbocycles. The van der Waals surface area contributed by atoms with E-state index in [1.54, 1.807) is 0 Å². The van der Waals surface area contributed by atoms with Crippen LogP contribution in [0.25, 0.3) is 0 Å². The molecular weight excluding hydrogens is 370 g/mol. The maximum absolute atomic E-state index is 10.5. The first-order chi connectivity index (χ1) is 13.7. The number of hydrogen-bond donors (Lipinski definition) is 2. The molecule has 0 fully saturated rings. The number of para-hydroxylation sites is 1. The molecule has 4 aromatic rings. The van der Waals surface area contributed by atoms with Gasteiger partial charge in [-0.1, -0.05) is 65.4 Å². The number of anilines is 2. The summed E-state index contributed by atoms with van der Waals surface area (Å²) in [5, 5.41) is 23.2. The van der Waals surface area contributed by atoms with E-state index in [-0.39, 0.29) is 0 Å². The van der Waals surface area contributed by atoms with E-state index in [1.807, 2.05) is 85.8 Å². The highest BCUT2D eigenvalue weighted by Crippen LogP contribution is 2.30. The molecule has 5 nitrogen and oxygen atoms in total. The van der Waals surface area contributed by atoms with Gasteiger partial charge in [-0.2, -0.15) is 0 Å². The zero-order chi connectivity index (χ0) is 19.3. The molecule has 2 N–H and O–H groups in total. The van der Waals surface area contributed by atoms with Gasteiger partial charge in [-0.15, -0.1) is 10.2 Å². The van der Waals surface area contributed by atoms with Crippen LogP contribution in [-0.4, -0.2) is 15.3 Å². The van der Waals surface area contributed by atoms with Gasteiger partial charge in [0, 0.05) is 11.8 Å². The summed E-state index contributed by atoms with van der Waals surface area (Å²) in [5.41, 5.74) is 2.78. The van der Waals surface area contributed by atoms with E-state index in [0.717, 1.165) is 28.3 Å². The van der Waals surface area contributed by atoms with E-state index in [9.17, 15) is 5.11 Å². The second-order valence-electron chi connectivity index (χ2n) is 6.33. The Kier molecular flexibility index (Phi) is 5.32. The Hall–Kier alpha value is -3.22. The van der Waals surface area contributed by atoms with Crippen LogP contribution in [0.2, 0.25) is 0 Å². The molecular formula is C22H19N3O2S. The lowest BCUT2D eigenvalue weighted by Crippen LogP contribution is -1.98. The summed E-state index contributed by atoms with van der Waals surface area (Å²) in [6.45, 7) is 2.01. The van der Waals surface area contributed by atoms with Crippen LogP contribution in [0.3, 0.4) is 0 Å². The predicted molar refractivity (Wildman–Crippen MR) is 111 cm³/mol. The van der Waals surface area contributed by atoms with Crippen molar-refractivity contribution in [1.82, 2.24) is 10.2 Å². The quantitative estimate of drug-likeness (QED) is 0.458. The molecule has 28 heavy (non-hydrogen) atoms. The normalized spacial score (nSPS) is 11.8. The highest BCUT2D eigenvalue weighted by molar-refractivity contribution is 7.15. The van der Waals surface area contributed by atoms with Gasteiger partial charge >= 0.3 is 0 Å². The van der Waals surface area contributed by atoms with Crippen LogP contribution in [0.1, 0.15) is 22.2 Å².